The molecule has 6 heteroatoms. The Kier molecular flexibility index (Phi) is 2.82. The Labute approximate surface area is 76.7 Å². The average molecular weight is 202 g/mol. The van der Waals surface area contributed by atoms with Crippen LogP contribution in [0.15, 0.2) is 17.4 Å². The second kappa shape index (κ2) is 3.69. The predicted octanol–water partition coefficient (Wildman–Crippen LogP) is 0.279. The maximum atomic E-state index is 11.0. The number of nitrogens with zero attached hydrogens (tertiary/aromatic N) is 2. The van der Waals surface area contributed by atoms with E-state index < -0.39 is 9.84 Å². The van der Waals surface area contributed by atoms with Crippen molar-refractivity contribution >= 4 is 9.84 Å². The zero-order valence-electron chi connectivity index (χ0n) is 7.39. The van der Waals surface area contributed by atoms with Crippen molar-refractivity contribution in [2.75, 3.05) is 12.9 Å². The minimum absolute atomic E-state index is 0.210. The maximum Gasteiger partial charge on any atom is 0.250 e. The summed E-state index contributed by atoms with van der Waals surface area (Å²) in [5, 5.41) is -0.210. The van der Waals surface area contributed by atoms with Gasteiger partial charge in [-0.05, 0) is 6.92 Å². The lowest BCUT2D eigenvalue weighted by Gasteiger charge is -2.01. The highest BCUT2D eigenvalue weighted by atomic mass is 32.2. The Balaban J connectivity index is 3.06. The van der Waals surface area contributed by atoms with Crippen LogP contribution in [-0.2, 0) is 9.84 Å². The van der Waals surface area contributed by atoms with Gasteiger partial charge in [-0.3, -0.25) is 0 Å². The molecule has 13 heavy (non-hydrogen) atoms. The van der Waals surface area contributed by atoms with Gasteiger partial charge in [0.25, 0.3) is 0 Å². The van der Waals surface area contributed by atoms with Crippen molar-refractivity contribution in [2.24, 2.45) is 0 Å². The monoisotopic (exact) mass is 202 g/mol. The minimum atomic E-state index is -3.35. The van der Waals surface area contributed by atoms with E-state index in [0.717, 1.165) is 6.26 Å². The minimum Gasteiger partial charge on any atom is -0.478 e. The number of hydrogen-bond acceptors (Lipinski definition) is 5. The molecule has 0 saturated heterocycles. The summed E-state index contributed by atoms with van der Waals surface area (Å²) in [5.74, 6) is 0.276. The van der Waals surface area contributed by atoms with E-state index in [1.54, 1.807) is 6.92 Å². The van der Waals surface area contributed by atoms with Crippen LogP contribution in [0.2, 0.25) is 0 Å². The Morgan fingerprint density at radius 1 is 1.54 bits per heavy atom. The van der Waals surface area contributed by atoms with Crippen molar-refractivity contribution in [3.8, 4) is 5.88 Å². The van der Waals surface area contributed by atoms with Crippen molar-refractivity contribution < 1.29 is 13.2 Å². The van der Waals surface area contributed by atoms with E-state index in [1.807, 2.05) is 0 Å². The second-order valence-corrected chi connectivity index (χ2v) is 4.29. The molecule has 1 rings (SSSR count). The molecule has 0 aliphatic heterocycles. The second-order valence-electron chi connectivity index (χ2n) is 2.38. The molecule has 0 radical (unpaired) electrons. The molecule has 0 fully saturated rings. The van der Waals surface area contributed by atoms with Gasteiger partial charge in [0.2, 0.25) is 20.9 Å². The maximum absolute atomic E-state index is 11.0. The van der Waals surface area contributed by atoms with Crippen LogP contribution in [-0.4, -0.2) is 31.2 Å². The summed E-state index contributed by atoms with van der Waals surface area (Å²) in [4.78, 5) is 7.33. The third-order valence-corrected chi connectivity index (χ3v) is 2.09. The summed E-state index contributed by atoms with van der Waals surface area (Å²) in [6, 6.07) is 1.51. The summed E-state index contributed by atoms with van der Waals surface area (Å²) in [7, 11) is -3.35. The molecule has 5 nitrogen and oxygen atoms in total. The molecule has 0 amide bonds. The highest BCUT2D eigenvalue weighted by Gasteiger charge is 2.11. The third-order valence-electron chi connectivity index (χ3n) is 1.23. The Morgan fingerprint density at radius 3 is 2.77 bits per heavy atom. The Bertz CT molecular complexity index is 388. The summed E-state index contributed by atoms with van der Waals surface area (Å²) in [5.41, 5.74) is 0. The van der Waals surface area contributed by atoms with Crippen molar-refractivity contribution in [3.63, 3.8) is 0 Å². The summed E-state index contributed by atoms with van der Waals surface area (Å²) in [6.45, 7) is 2.24. The molecular weight excluding hydrogens is 192 g/mol. The van der Waals surface area contributed by atoms with Gasteiger partial charge in [0.1, 0.15) is 0 Å². The molecule has 0 N–H and O–H groups in total. The molecular formula is C7H10N2O3S. The van der Waals surface area contributed by atoms with Gasteiger partial charge in [-0.15, -0.1) is 0 Å². The molecule has 0 aliphatic carbocycles. The lowest BCUT2D eigenvalue weighted by atomic mass is 10.6. The van der Waals surface area contributed by atoms with Gasteiger partial charge in [-0.1, -0.05) is 0 Å². The number of rotatable bonds is 3. The first-order chi connectivity index (χ1) is 6.04. The van der Waals surface area contributed by atoms with Crippen LogP contribution in [0.1, 0.15) is 6.92 Å². The van der Waals surface area contributed by atoms with Gasteiger partial charge in [0.05, 0.1) is 6.61 Å². The smallest absolute Gasteiger partial charge is 0.250 e. The van der Waals surface area contributed by atoms with Gasteiger partial charge < -0.3 is 4.74 Å². The molecule has 1 aromatic rings. The lowest BCUT2D eigenvalue weighted by Crippen LogP contribution is -2.05. The molecule has 0 atom stereocenters. The summed E-state index contributed by atoms with van der Waals surface area (Å²) >= 11 is 0. The molecule has 0 unspecified atom stereocenters. The zero-order valence-corrected chi connectivity index (χ0v) is 8.21. The SMILES string of the molecule is CCOc1ccnc(S(C)(=O)=O)n1. The molecule has 72 valence electrons. The molecule has 0 bridgehead atoms. The van der Waals surface area contributed by atoms with Crippen LogP contribution >= 0.6 is 0 Å². The molecule has 0 aliphatic rings. The first kappa shape index (κ1) is 9.91. The van der Waals surface area contributed by atoms with Crippen LogP contribution in [0.25, 0.3) is 0 Å². The fourth-order valence-corrected chi connectivity index (χ4v) is 1.24. The predicted molar refractivity (Wildman–Crippen MR) is 46.3 cm³/mol. The van der Waals surface area contributed by atoms with E-state index in [-0.39, 0.29) is 11.0 Å². The van der Waals surface area contributed by atoms with E-state index >= 15 is 0 Å². The molecule has 0 saturated carbocycles. The molecule has 0 aromatic carbocycles. The van der Waals surface area contributed by atoms with Gasteiger partial charge in [-0.2, -0.15) is 4.98 Å². The van der Waals surface area contributed by atoms with Crippen molar-refractivity contribution in [1.29, 1.82) is 0 Å². The van der Waals surface area contributed by atoms with Crippen LogP contribution in [0, 0.1) is 0 Å². The molecule has 1 aromatic heterocycles. The zero-order chi connectivity index (χ0) is 9.90. The number of sulfone groups is 1. The van der Waals surface area contributed by atoms with Crippen LogP contribution in [0.5, 0.6) is 5.88 Å². The fourth-order valence-electron chi connectivity index (χ4n) is 0.732. The van der Waals surface area contributed by atoms with Crippen LogP contribution < -0.4 is 4.74 Å². The Morgan fingerprint density at radius 2 is 2.23 bits per heavy atom. The molecule has 1 heterocycles. The quantitative estimate of drug-likeness (QED) is 0.658. The van der Waals surface area contributed by atoms with Crippen molar-refractivity contribution in [1.82, 2.24) is 9.97 Å². The fraction of sp³-hybridized carbons (Fsp3) is 0.429. The van der Waals surface area contributed by atoms with Crippen molar-refractivity contribution in [3.05, 3.63) is 12.3 Å². The van der Waals surface area contributed by atoms with E-state index in [0.29, 0.717) is 6.61 Å². The van der Waals surface area contributed by atoms with E-state index in [4.69, 9.17) is 4.74 Å². The van der Waals surface area contributed by atoms with Gasteiger partial charge >= 0.3 is 0 Å². The molecule has 0 spiro atoms. The third kappa shape index (κ3) is 2.66. The van der Waals surface area contributed by atoms with Crippen LogP contribution in [0.3, 0.4) is 0 Å². The average Bonchev–Trinajstić information content (AvgIpc) is 2.04. The van der Waals surface area contributed by atoms with E-state index in [2.05, 4.69) is 9.97 Å². The summed E-state index contributed by atoms with van der Waals surface area (Å²) in [6.07, 6.45) is 2.41. The number of ether oxygens (including phenoxy) is 1. The first-order valence-corrected chi connectivity index (χ1v) is 5.59. The largest absolute Gasteiger partial charge is 0.478 e. The highest BCUT2D eigenvalue weighted by molar-refractivity contribution is 7.90. The van der Waals surface area contributed by atoms with Gasteiger partial charge in [0.15, 0.2) is 0 Å². The number of aromatic nitrogens is 2. The lowest BCUT2D eigenvalue weighted by molar-refractivity contribution is 0.322. The Hall–Kier alpha value is -1.17. The summed E-state index contributed by atoms with van der Waals surface area (Å²) < 4.78 is 27.0. The first-order valence-electron chi connectivity index (χ1n) is 3.70. The van der Waals surface area contributed by atoms with E-state index in [1.165, 1.54) is 12.3 Å². The van der Waals surface area contributed by atoms with Gasteiger partial charge in [0, 0.05) is 18.5 Å². The topological polar surface area (TPSA) is 69.2 Å². The van der Waals surface area contributed by atoms with E-state index in [9.17, 15) is 8.42 Å². The van der Waals surface area contributed by atoms with Crippen molar-refractivity contribution in [2.45, 2.75) is 12.1 Å². The van der Waals surface area contributed by atoms with Crippen LogP contribution in [0.4, 0.5) is 0 Å². The normalized spacial score (nSPS) is 11.2. The standard InChI is InChI=1S/C7H10N2O3S/c1-3-12-6-4-5-8-7(9-6)13(2,10)11/h4-5H,3H2,1-2H3. The van der Waals surface area contributed by atoms with Gasteiger partial charge in [-0.25, -0.2) is 13.4 Å². The number of hydrogen-bond donors (Lipinski definition) is 0. The highest BCUT2D eigenvalue weighted by Crippen LogP contribution is 2.08.